The van der Waals surface area contributed by atoms with Crippen LogP contribution in [0.25, 0.3) is 10.9 Å². The highest BCUT2D eigenvalue weighted by molar-refractivity contribution is 6.02. The van der Waals surface area contributed by atoms with E-state index in [1.807, 2.05) is 42.6 Å². The van der Waals surface area contributed by atoms with Crippen molar-refractivity contribution in [1.29, 1.82) is 0 Å². The molecular weight excluding hydrogens is 439 g/mol. The Labute approximate surface area is 187 Å². The molecule has 0 saturated heterocycles. The molecule has 1 aliphatic heterocycles. The molecule has 11 heteroatoms. The van der Waals surface area contributed by atoms with Gasteiger partial charge in [-0.1, -0.05) is 36.4 Å². The van der Waals surface area contributed by atoms with Crippen LogP contribution in [-0.4, -0.2) is 47.5 Å². The van der Waals surface area contributed by atoms with Gasteiger partial charge in [0.05, 0.1) is 11.6 Å². The van der Waals surface area contributed by atoms with Gasteiger partial charge in [0.15, 0.2) is 0 Å². The van der Waals surface area contributed by atoms with Crippen molar-refractivity contribution in [3.8, 4) is 5.75 Å². The molecule has 1 aromatic heterocycles. The topological polar surface area (TPSA) is 111 Å². The monoisotopic (exact) mass is 461 g/mol. The Morgan fingerprint density at radius 2 is 1.97 bits per heavy atom. The van der Waals surface area contributed by atoms with Crippen LogP contribution in [0.3, 0.4) is 0 Å². The molecule has 0 amide bonds. The number of aliphatic imine (C=N–C) groups is 1. The maximum absolute atomic E-state index is 10.6. The van der Waals surface area contributed by atoms with Gasteiger partial charge in [0.25, 0.3) is 0 Å². The first-order valence-electron chi connectivity index (χ1n) is 9.99. The second-order valence-electron chi connectivity index (χ2n) is 6.88. The summed E-state index contributed by atoms with van der Waals surface area (Å²) in [6.45, 7) is 2.28. The van der Waals surface area contributed by atoms with Gasteiger partial charge >= 0.3 is 12.1 Å². The van der Waals surface area contributed by atoms with Crippen LogP contribution >= 0.6 is 0 Å². The van der Waals surface area contributed by atoms with E-state index in [4.69, 9.17) is 14.6 Å². The van der Waals surface area contributed by atoms with E-state index < -0.39 is 12.1 Å². The van der Waals surface area contributed by atoms with Gasteiger partial charge in [-0.05, 0) is 24.1 Å². The summed E-state index contributed by atoms with van der Waals surface area (Å²) in [6.07, 6.45) is -0.312. The summed E-state index contributed by atoms with van der Waals surface area (Å²) < 4.78 is 37.8. The molecule has 0 unspecified atom stereocenters. The van der Waals surface area contributed by atoms with Crippen molar-refractivity contribution in [3.63, 3.8) is 0 Å². The summed E-state index contributed by atoms with van der Waals surface area (Å²) >= 11 is 0. The van der Waals surface area contributed by atoms with Crippen molar-refractivity contribution >= 4 is 29.0 Å². The molecule has 2 heterocycles. The smallest absolute Gasteiger partial charge is 0.488 e. The molecule has 0 aliphatic carbocycles. The molecule has 174 valence electrons. The van der Waals surface area contributed by atoms with E-state index >= 15 is 0 Å². The lowest BCUT2D eigenvalue weighted by atomic mass is 10.1. The molecular formula is C22H22F3N5O3. The molecule has 0 saturated carbocycles. The number of ether oxygens (including phenoxy) is 1. The van der Waals surface area contributed by atoms with Crippen LogP contribution in [0.15, 0.2) is 64.8 Å². The van der Waals surface area contributed by atoms with E-state index in [1.54, 1.807) is 6.21 Å². The Morgan fingerprint density at radius 1 is 1.21 bits per heavy atom. The zero-order valence-electron chi connectivity index (χ0n) is 17.4. The van der Waals surface area contributed by atoms with E-state index in [0.29, 0.717) is 12.6 Å². The average Bonchev–Trinajstić information content (AvgIpc) is 3.23. The third kappa shape index (κ3) is 6.99. The summed E-state index contributed by atoms with van der Waals surface area (Å²) in [5.41, 5.74) is 6.08. The standard InChI is InChI=1S/C20H21N5O.C2HF3O2/c1-2-6-15(7-3-1)14-26-18-9-4-8-17-19(18)16(12-23-17)13-24-25-20-21-10-5-11-22-20;3-2(4,5)1(6)7/h1-4,6-9,12-13,23H,5,10-11,14H2,(H2,21,22,25);(H,6,7)/b24-13+;. The van der Waals surface area contributed by atoms with Gasteiger partial charge in [0, 0.05) is 30.4 Å². The number of hydrogen-bond donors (Lipinski definition) is 4. The SMILES string of the molecule is C(=N\NC1=NCCCN1)/c1c[nH]c2cccc(OCc3ccccc3)c12.O=C(O)C(F)(F)F. The second-order valence-corrected chi connectivity index (χ2v) is 6.88. The number of aliphatic carboxylic acids is 1. The van der Waals surface area contributed by atoms with Crippen LogP contribution in [0.4, 0.5) is 13.2 Å². The van der Waals surface area contributed by atoms with Crippen LogP contribution in [0.5, 0.6) is 5.75 Å². The minimum atomic E-state index is -5.08. The number of H-pyrrole nitrogens is 1. The zero-order chi connectivity index (χ0) is 23.7. The van der Waals surface area contributed by atoms with E-state index in [1.165, 1.54) is 0 Å². The lowest BCUT2D eigenvalue weighted by Crippen LogP contribution is -2.38. The number of hydrazone groups is 1. The van der Waals surface area contributed by atoms with Crippen molar-refractivity contribution in [1.82, 2.24) is 15.7 Å². The van der Waals surface area contributed by atoms with Crippen LogP contribution < -0.4 is 15.5 Å². The number of carboxylic acids is 1. The van der Waals surface area contributed by atoms with Crippen molar-refractivity contribution in [2.45, 2.75) is 19.2 Å². The molecule has 4 rings (SSSR count). The average molecular weight is 461 g/mol. The molecule has 8 nitrogen and oxygen atoms in total. The predicted molar refractivity (Wildman–Crippen MR) is 118 cm³/mol. The van der Waals surface area contributed by atoms with Gasteiger partial charge in [-0.25, -0.2) is 10.2 Å². The molecule has 4 N–H and O–H groups in total. The summed E-state index contributed by atoms with van der Waals surface area (Å²) in [5.74, 6) is -1.21. The summed E-state index contributed by atoms with van der Waals surface area (Å²) in [6, 6.07) is 16.1. The third-order valence-electron chi connectivity index (χ3n) is 4.45. The first-order chi connectivity index (χ1) is 15.8. The normalized spacial score (nSPS) is 13.6. The molecule has 2 aromatic carbocycles. The largest absolute Gasteiger partial charge is 0.490 e. The Hall–Kier alpha value is -4.02. The summed E-state index contributed by atoms with van der Waals surface area (Å²) in [5, 5.41) is 15.6. The van der Waals surface area contributed by atoms with E-state index in [9.17, 15) is 13.2 Å². The molecule has 0 spiro atoms. The van der Waals surface area contributed by atoms with Crippen LogP contribution in [-0.2, 0) is 11.4 Å². The minimum Gasteiger partial charge on any atom is -0.488 e. The number of benzene rings is 2. The highest BCUT2D eigenvalue weighted by atomic mass is 19.4. The molecule has 0 atom stereocenters. The van der Waals surface area contributed by atoms with Crippen LogP contribution in [0, 0.1) is 0 Å². The number of guanidine groups is 1. The molecule has 0 bridgehead atoms. The summed E-state index contributed by atoms with van der Waals surface area (Å²) in [4.78, 5) is 16.5. The van der Waals surface area contributed by atoms with Crippen molar-refractivity contribution in [3.05, 3.63) is 65.9 Å². The van der Waals surface area contributed by atoms with Gasteiger partial charge in [0.2, 0.25) is 5.96 Å². The van der Waals surface area contributed by atoms with E-state index in [-0.39, 0.29) is 0 Å². The minimum absolute atomic E-state index is 0.528. The molecule has 1 aliphatic rings. The Bertz CT molecular complexity index is 1130. The zero-order valence-corrected chi connectivity index (χ0v) is 17.4. The van der Waals surface area contributed by atoms with Crippen molar-refractivity contribution < 1.29 is 27.8 Å². The van der Waals surface area contributed by atoms with Gasteiger partial charge in [0.1, 0.15) is 12.4 Å². The highest BCUT2D eigenvalue weighted by Gasteiger charge is 2.38. The van der Waals surface area contributed by atoms with Gasteiger partial charge in [-0.3, -0.25) is 4.99 Å². The fraction of sp³-hybridized carbons (Fsp3) is 0.227. The predicted octanol–water partition coefficient (Wildman–Crippen LogP) is 3.65. The molecule has 0 fully saturated rings. The van der Waals surface area contributed by atoms with Crippen molar-refractivity contribution in [2.24, 2.45) is 10.1 Å². The number of nitrogens with zero attached hydrogens (tertiary/aromatic N) is 2. The molecule has 33 heavy (non-hydrogen) atoms. The van der Waals surface area contributed by atoms with Crippen LogP contribution in [0.1, 0.15) is 17.5 Å². The number of halogens is 3. The Morgan fingerprint density at radius 3 is 2.64 bits per heavy atom. The second kappa shape index (κ2) is 11.0. The number of hydrogen-bond acceptors (Lipinski definition) is 6. The van der Waals surface area contributed by atoms with Crippen LogP contribution in [0.2, 0.25) is 0 Å². The molecule has 0 radical (unpaired) electrons. The Balaban J connectivity index is 0.000000383. The number of nitrogens with one attached hydrogen (secondary N) is 3. The van der Waals surface area contributed by atoms with Crippen molar-refractivity contribution in [2.75, 3.05) is 13.1 Å². The number of carbonyl (C=O) groups is 1. The number of aromatic nitrogens is 1. The molecule has 3 aromatic rings. The number of rotatable bonds is 5. The lowest BCUT2D eigenvalue weighted by molar-refractivity contribution is -0.192. The number of alkyl halides is 3. The van der Waals surface area contributed by atoms with E-state index in [0.717, 1.165) is 47.3 Å². The first-order valence-corrected chi connectivity index (χ1v) is 9.99. The van der Waals surface area contributed by atoms with Gasteiger partial charge < -0.3 is 20.1 Å². The maximum atomic E-state index is 10.6. The first kappa shape index (κ1) is 23.6. The number of carboxylic acid groups (broad SMARTS) is 1. The highest BCUT2D eigenvalue weighted by Crippen LogP contribution is 2.28. The van der Waals surface area contributed by atoms with Gasteiger partial charge in [-0.15, -0.1) is 0 Å². The third-order valence-corrected chi connectivity index (χ3v) is 4.45. The summed E-state index contributed by atoms with van der Waals surface area (Å²) in [7, 11) is 0. The quantitative estimate of drug-likeness (QED) is 0.342. The maximum Gasteiger partial charge on any atom is 0.490 e. The van der Waals surface area contributed by atoms with E-state index in [2.05, 4.69) is 38.0 Å². The van der Waals surface area contributed by atoms with Gasteiger partial charge in [-0.2, -0.15) is 18.3 Å². The number of aromatic amines is 1. The fourth-order valence-corrected chi connectivity index (χ4v) is 2.90. The fourth-order valence-electron chi connectivity index (χ4n) is 2.90. The number of fused-ring (bicyclic) bond motifs is 1. The Kier molecular flexibility index (Phi) is 7.90. The lowest BCUT2D eigenvalue weighted by Gasteiger charge is -2.12.